The molecule has 1 amide bonds. The van der Waals surface area contributed by atoms with Gasteiger partial charge in [-0.15, -0.1) is 11.3 Å². The monoisotopic (exact) mass is 367 g/mol. The Morgan fingerprint density at radius 3 is 2.62 bits per heavy atom. The fraction of sp³-hybridized carbons (Fsp3) is 0.625. The second kappa shape index (κ2) is 7.21. The molecule has 3 heterocycles. The second-order valence-electron chi connectivity index (χ2n) is 6.36. The number of hydrogen-bond acceptors (Lipinski definition) is 5. The maximum Gasteiger partial charge on any atom is 0.252 e. The van der Waals surface area contributed by atoms with Crippen LogP contribution in [0.2, 0.25) is 0 Å². The first-order valence-corrected chi connectivity index (χ1v) is 10.6. The first-order chi connectivity index (χ1) is 11.5. The molecule has 2 saturated heterocycles. The zero-order valence-corrected chi connectivity index (χ0v) is 15.1. The fourth-order valence-corrected chi connectivity index (χ4v) is 6.06. The molecule has 24 heavy (non-hydrogen) atoms. The largest absolute Gasteiger partial charge is 0.342 e. The van der Waals surface area contributed by atoms with Crippen molar-refractivity contribution in [2.75, 3.05) is 26.2 Å². The average molecular weight is 367 g/mol. The quantitative estimate of drug-likeness (QED) is 0.817. The Labute approximate surface area is 146 Å². The highest BCUT2D eigenvalue weighted by atomic mass is 32.2. The van der Waals surface area contributed by atoms with E-state index in [9.17, 15) is 13.2 Å². The first-order valence-electron chi connectivity index (χ1n) is 8.24. The second-order valence-corrected chi connectivity index (χ2v) is 9.48. The zero-order valence-electron chi connectivity index (χ0n) is 13.4. The minimum absolute atomic E-state index is 0.0381. The van der Waals surface area contributed by atoms with Crippen LogP contribution >= 0.6 is 11.3 Å². The van der Waals surface area contributed by atoms with Crippen molar-refractivity contribution in [2.24, 2.45) is 11.8 Å². The predicted molar refractivity (Wildman–Crippen MR) is 90.7 cm³/mol. The summed E-state index contributed by atoms with van der Waals surface area (Å²) >= 11 is 1.21. The van der Waals surface area contributed by atoms with Crippen LogP contribution in [0.1, 0.15) is 25.7 Å². The molecule has 1 atom stereocenters. The van der Waals surface area contributed by atoms with Crippen LogP contribution in [0, 0.1) is 23.2 Å². The van der Waals surface area contributed by atoms with E-state index in [-0.39, 0.29) is 24.3 Å². The van der Waals surface area contributed by atoms with Gasteiger partial charge < -0.3 is 4.90 Å². The maximum atomic E-state index is 12.7. The smallest absolute Gasteiger partial charge is 0.252 e. The molecule has 2 aliphatic rings. The third-order valence-corrected chi connectivity index (χ3v) is 8.05. The van der Waals surface area contributed by atoms with Gasteiger partial charge in [0.05, 0.1) is 12.0 Å². The molecule has 6 nitrogen and oxygen atoms in total. The molecule has 0 N–H and O–H groups in total. The molecule has 130 valence electrons. The molecule has 0 spiro atoms. The number of nitrogens with zero attached hydrogens (tertiary/aromatic N) is 3. The minimum atomic E-state index is -3.49. The van der Waals surface area contributed by atoms with E-state index >= 15 is 0 Å². The van der Waals surface area contributed by atoms with Crippen molar-refractivity contribution in [2.45, 2.75) is 29.9 Å². The highest BCUT2D eigenvalue weighted by Gasteiger charge is 2.36. The molecule has 1 aromatic rings. The van der Waals surface area contributed by atoms with Crippen LogP contribution in [-0.2, 0) is 14.8 Å². The van der Waals surface area contributed by atoms with Crippen LogP contribution in [0.4, 0.5) is 0 Å². The maximum absolute atomic E-state index is 12.7. The van der Waals surface area contributed by atoms with E-state index in [1.807, 2.05) is 0 Å². The van der Waals surface area contributed by atoms with Crippen LogP contribution in [0.3, 0.4) is 0 Å². The van der Waals surface area contributed by atoms with E-state index in [1.165, 1.54) is 15.6 Å². The summed E-state index contributed by atoms with van der Waals surface area (Å²) in [7, 11) is -3.49. The third kappa shape index (κ3) is 3.48. The zero-order chi connectivity index (χ0) is 17.2. The van der Waals surface area contributed by atoms with Gasteiger partial charge in [0.25, 0.3) is 10.0 Å². The Morgan fingerprint density at radius 2 is 2.00 bits per heavy atom. The van der Waals surface area contributed by atoms with Gasteiger partial charge in [-0.25, -0.2) is 8.42 Å². The minimum Gasteiger partial charge on any atom is -0.342 e. The lowest BCUT2D eigenvalue weighted by atomic mass is 9.94. The highest BCUT2D eigenvalue weighted by molar-refractivity contribution is 7.91. The summed E-state index contributed by atoms with van der Waals surface area (Å²) in [5, 5.41) is 10.7. The molecule has 0 aliphatic carbocycles. The van der Waals surface area contributed by atoms with Gasteiger partial charge >= 0.3 is 0 Å². The van der Waals surface area contributed by atoms with Crippen molar-refractivity contribution in [3.63, 3.8) is 0 Å². The lowest BCUT2D eigenvalue weighted by Gasteiger charge is -2.36. The molecule has 1 unspecified atom stereocenters. The lowest BCUT2D eigenvalue weighted by molar-refractivity contribution is -0.137. The van der Waals surface area contributed by atoms with Gasteiger partial charge in [-0.3, -0.25) is 4.79 Å². The van der Waals surface area contributed by atoms with Crippen molar-refractivity contribution >= 4 is 27.3 Å². The Morgan fingerprint density at radius 1 is 1.25 bits per heavy atom. The van der Waals surface area contributed by atoms with Crippen molar-refractivity contribution < 1.29 is 13.2 Å². The Bertz CT molecular complexity index is 716. The molecule has 8 heteroatoms. The number of nitriles is 1. The van der Waals surface area contributed by atoms with Gasteiger partial charge in [0.2, 0.25) is 5.91 Å². The number of amides is 1. The van der Waals surface area contributed by atoms with E-state index in [1.54, 1.807) is 22.4 Å². The summed E-state index contributed by atoms with van der Waals surface area (Å²) in [4.78, 5) is 14.5. The third-order valence-electron chi connectivity index (χ3n) is 4.81. The Kier molecular flexibility index (Phi) is 5.23. The first kappa shape index (κ1) is 17.4. The number of hydrogen-bond donors (Lipinski definition) is 0. The van der Waals surface area contributed by atoms with Crippen LogP contribution in [0.15, 0.2) is 21.7 Å². The number of carbonyl (C=O) groups is 1. The van der Waals surface area contributed by atoms with Gasteiger partial charge in [-0.05, 0) is 37.1 Å². The predicted octanol–water partition coefficient (Wildman–Crippen LogP) is 1.91. The van der Waals surface area contributed by atoms with Crippen molar-refractivity contribution in [1.82, 2.24) is 9.21 Å². The van der Waals surface area contributed by atoms with Crippen molar-refractivity contribution in [1.29, 1.82) is 5.26 Å². The highest BCUT2D eigenvalue weighted by Crippen LogP contribution is 2.28. The topological polar surface area (TPSA) is 81.5 Å². The Balaban J connectivity index is 1.66. The fourth-order valence-electron chi connectivity index (χ4n) is 3.39. The molecule has 0 aromatic carbocycles. The van der Waals surface area contributed by atoms with E-state index in [0.29, 0.717) is 43.1 Å². The molecular formula is C16H21N3O3S2. The summed E-state index contributed by atoms with van der Waals surface area (Å²) in [5.74, 6) is -0.194. The standard InChI is InChI=1S/C16H21N3O3S2/c17-11-13-5-8-18(9-6-13)16(20)14-3-1-7-19(12-14)24(21,22)15-4-2-10-23-15/h2,4,10,13-14H,1,3,5-9,12H2. The van der Waals surface area contributed by atoms with Gasteiger partial charge in [0.1, 0.15) is 4.21 Å². The normalized spacial score (nSPS) is 23.8. The molecule has 2 aliphatic heterocycles. The summed E-state index contributed by atoms with van der Waals surface area (Å²) < 4.78 is 27.1. The summed E-state index contributed by atoms with van der Waals surface area (Å²) in [6.45, 7) is 1.94. The van der Waals surface area contributed by atoms with Crippen molar-refractivity contribution in [3.8, 4) is 6.07 Å². The SMILES string of the molecule is N#CC1CCN(C(=O)C2CCCN(S(=O)(=O)c3cccs3)C2)CC1. The van der Waals surface area contributed by atoms with E-state index < -0.39 is 10.0 Å². The summed E-state index contributed by atoms with van der Waals surface area (Å²) in [6.07, 6.45) is 2.86. The average Bonchev–Trinajstić information content (AvgIpc) is 3.17. The molecule has 3 rings (SSSR count). The molecule has 1 aromatic heterocycles. The Hall–Kier alpha value is -1.43. The number of likely N-dealkylation sites (tertiary alicyclic amines) is 1. The van der Waals surface area contributed by atoms with Gasteiger partial charge in [0, 0.05) is 32.1 Å². The van der Waals surface area contributed by atoms with Crippen LogP contribution in [-0.4, -0.2) is 49.7 Å². The van der Waals surface area contributed by atoms with Crippen LogP contribution < -0.4 is 0 Å². The molecule has 0 bridgehead atoms. The van der Waals surface area contributed by atoms with Gasteiger partial charge in [0.15, 0.2) is 0 Å². The lowest BCUT2D eigenvalue weighted by Crippen LogP contribution is -2.48. The number of carbonyl (C=O) groups excluding carboxylic acids is 1. The molecule has 0 radical (unpaired) electrons. The summed E-state index contributed by atoms with van der Waals surface area (Å²) in [6, 6.07) is 5.60. The van der Waals surface area contributed by atoms with Gasteiger partial charge in [-0.2, -0.15) is 9.57 Å². The number of piperidine rings is 2. The number of thiophene rings is 1. The molecule has 2 fully saturated rings. The van der Waals surface area contributed by atoms with E-state index in [0.717, 1.165) is 6.42 Å². The van der Waals surface area contributed by atoms with Crippen LogP contribution in [0.5, 0.6) is 0 Å². The van der Waals surface area contributed by atoms with E-state index in [2.05, 4.69) is 6.07 Å². The number of rotatable bonds is 3. The molecular weight excluding hydrogens is 346 g/mol. The van der Waals surface area contributed by atoms with Crippen LogP contribution in [0.25, 0.3) is 0 Å². The van der Waals surface area contributed by atoms with Gasteiger partial charge in [-0.1, -0.05) is 6.07 Å². The van der Waals surface area contributed by atoms with Crippen molar-refractivity contribution in [3.05, 3.63) is 17.5 Å². The van der Waals surface area contributed by atoms with E-state index in [4.69, 9.17) is 5.26 Å². The number of sulfonamides is 1. The molecule has 0 saturated carbocycles. The summed E-state index contributed by atoms with van der Waals surface area (Å²) in [5.41, 5.74) is 0.